The van der Waals surface area contributed by atoms with Gasteiger partial charge in [0.2, 0.25) is 0 Å². The van der Waals surface area contributed by atoms with Crippen LogP contribution in [0, 0.1) is 23.7 Å². The van der Waals surface area contributed by atoms with Crippen LogP contribution in [0.5, 0.6) is 0 Å². The normalized spacial score (nSPS) is 41.3. The molecule has 0 heterocycles. The van der Waals surface area contributed by atoms with Gasteiger partial charge in [0.1, 0.15) is 0 Å². The maximum atomic E-state index is 9.60. The molecule has 2 heteroatoms. The summed E-state index contributed by atoms with van der Waals surface area (Å²) in [7, 11) is 0. The molecule has 0 aromatic carbocycles. The predicted molar refractivity (Wildman–Crippen MR) is 74.3 cm³/mol. The number of aliphatic hydroxyl groups excluding tert-OH is 2. The van der Waals surface area contributed by atoms with E-state index in [9.17, 15) is 10.2 Å². The van der Waals surface area contributed by atoms with Crippen molar-refractivity contribution in [2.45, 2.75) is 77.4 Å². The van der Waals surface area contributed by atoms with E-state index in [-0.39, 0.29) is 12.2 Å². The van der Waals surface area contributed by atoms with Crippen molar-refractivity contribution < 1.29 is 10.2 Å². The monoisotopic (exact) mass is 254 g/mol. The van der Waals surface area contributed by atoms with E-state index in [4.69, 9.17) is 0 Å². The molecule has 0 bridgehead atoms. The molecule has 0 aromatic heterocycles. The van der Waals surface area contributed by atoms with Crippen LogP contribution in [0.2, 0.25) is 0 Å². The Morgan fingerprint density at radius 2 is 0.889 bits per heavy atom. The summed E-state index contributed by atoms with van der Waals surface area (Å²) in [5, 5.41) is 19.2. The van der Waals surface area contributed by atoms with Crippen molar-refractivity contribution in [3.63, 3.8) is 0 Å². The van der Waals surface area contributed by atoms with Crippen LogP contribution in [0.3, 0.4) is 0 Å². The Morgan fingerprint density at radius 3 is 1.17 bits per heavy atom. The summed E-state index contributed by atoms with van der Waals surface area (Å²) < 4.78 is 0. The molecule has 2 aliphatic rings. The van der Waals surface area contributed by atoms with E-state index in [1.54, 1.807) is 0 Å². The van der Waals surface area contributed by atoms with Gasteiger partial charge in [0.15, 0.2) is 0 Å². The van der Waals surface area contributed by atoms with Crippen molar-refractivity contribution in [1.82, 2.24) is 0 Å². The van der Waals surface area contributed by atoms with E-state index in [0.29, 0.717) is 0 Å². The second kappa shape index (κ2) is 6.38. The van der Waals surface area contributed by atoms with Crippen molar-refractivity contribution >= 4 is 0 Å². The minimum atomic E-state index is -0.0337. The number of rotatable bonds is 3. The first kappa shape index (κ1) is 14.3. The molecular formula is C16H30O2. The zero-order chi connectivity index (χ0) is 13.1. The van der Waals surface area contributed by atoms with Crippen LogP contribution in [0.4, 0.5) is 0 Å². The van der Waals surface area contributed by atoms with Crippen LogP contribution in [0.1, 0.15) is 65.2 Å². The first-order valence-corrected chi connectivity index (χ1v) is 7.94. The van der Waals surface area contributed by atoms with Crippen molar-refractivity contribution in [2.75, 3.05) is 0 Å². The van der Waals surface area contributed by atoms with Gasteiger partial charge in [0, 0.05) is 0 Å². The Kier molecular flexibility index (Phi) is 5.08. The Balaban J connectivity index is 1.82. The number of aliphatic hydroxyl groups is 2. The predicted octanol–water partition coefficient (Wildman–Crippen LogP) is 3.36. The summed E-state index contributed by atoms with van der Waals surface area (Å²) in [6.07, 6.45) is 8.79. The zero-order valence-electron chi connectivity index (χ0n) is 12.0. The average Bonchev–Trinajstić information content (AvgIpc) is 2.39. The smallest absolute Gasteiger partial charge is 0.0540 e. The number of hydrogen-bond donors (Lipinski definition) is 2. The molecule has 0 saturated heterocycles. The maximum Gasteiger partial charge on any atom is 0.0540 e. The molecule has 18 heavy (non-hydrogen) atoms. The third kappa shape index (κ3) is 3.48. The van der Waals surface area contributed by atoms with Gasteiger partial charge in [-0.2, -0.15) is 0 Å². The fourth-order valence-electron chi connectivity index (χ4n) is 4.11. The van der Waals surface area contributed by atoms with E-state index in [1.165, 1.54) is 25.7 Å². The lowest BCUT2D eigenvalue weighted by atomic mass is 9.68. The fraction of sp³-hybridized carbons (Fsp3) is 1.00. The molecule has 0 amide bonds. The highest BCUT2D eigenvalue weighted by molar-refractivity contribution is 4.83. The Morgan fingerprint density at radius 1 is 0.611 bits per heavy atom. The molecule has 2 unspecified atom stereocenters. The molecule has 2 rings (SSSR count). The highest BCUT2D eigenvalue weighted by atomic mass is 16.3. The summed E-state index contributed by atoms with van der Waals surface area (Å²) in [5.41, 5.74) is 0. The Hall–Kier alpha value is -0.0800. The first-order chi connectivity index (χ1) is 8.58. The minimum absolute atomic E-state index is 0.0337. The molecular weight excluding hydrogens is 224 g/mol. The molecule has 0 aromatic rings. The Labute approximate surface area is 112 Å². The van der Waals surface area contributed by atoms with Crippen molar-refractivity contribution in [3.05, 3.63) is 0 Å². The highest BCUT2D eigenvalue weighted by Gasteiger charge is 2.32. The van der Waals surface area contributed by atoms with Crippen LogP contribution >= 0.6 is 0 Å². The van der Waals surface area contributed by atoms with Gasteiger partial charge < -0.3 is 10.2 Å². The molecule has 2 aliphatic carbocycles. The van der Waals surface area contributed by atoms with E-state index in [0.717, 1.165) is 49.4 Å². The van der Waals surface area contributed by atoms with E-state index in [1.807, 2.05) is 0 Å². The maximum absolute atomic E-state index is 9.60. The van der Waals surface area contributed by atoms with Gasteiger partial charge in [-0.3, -0.25) is 0 Å². The van der Waals surface area contributed by atoms with Crippen molar-refractivity contribution in [1.29, 1.82) is 0 Å². The molecule has 2 fully saturated rings. The molecule has 2 atom stereocenters. The third-order valence-electron chi connectivity index (χ3n) is 5.80. The second-order valence-corrected chi connectivity index (χ2v) is 6.86. The topological polar surface area (TPSA) is 40.5 Å². The molecule has 106 valence electrons. The lowest BCUT2D eigenvalue weighted by Gasteiger charge is -2.39. The van der Waals surface area contributed by atoms with Gasteiger partial charge in [0.25, 0.3) is 0 Å². The van der Waals surface area contributed by atoms with Gasteiger partial charge in [-0.25, -0.2) is 0 Å². The van der Waals surface area contributed by atoms with Crippen LogP contribution < -0.4 is 0 Å². The SMILES string of the molecule is CC(C1CCC(O)CC1)C(C)C1CCC(O)CC1. The molecule has 0 radical (unpaired) electrons. The standard InChI is InChI=1S/C16H30O2/c1-11(13-3-7-15(17)8-4-13)12(2)14-5-9-16(18)10-6-14/h11-18H,3-10H2,1-2H3. The van der Waals surface area contributed by atoms with Gasteiger partial charge in [-0.05, 0) is 75.0 Å². The molecule has 0 aliphatic heterocycles. The minimum Gasteiger partial charge on any atom is -0.393 e. The van der Waals surface area contributed by atoms with Gasteiger partial charge in [-0.15, -0.1) is 0 Å². The van der Waals surface area contributed by atoms with E-state index in [2.05, 4.69) is 13.8 Å². The molecule has 0 spiro atoms. The highest BCUT2D eigenvalue weighted by Crippen LogP contribution is 2.40. The lowest BCUT2D eigenvalue weighted by Crippen LogP contribution is -2.31. The van der Waals surface area contributed by atoms with Gasteiger partial charge >= 0.3 is 0 Å². The quantitative estimate of drug-likeness (QED) is 0.810. The van der Waals surface area contributed by atoms with Crippen LogP contribution in [-0.4, -0.2) is 22.4 Å². The van der Waals surface area contributed by atoms with E-state index < -0.39 is 0 Å². The molecule has 2 nitrogen and oxygen atoms in total. The zero-order valence-corrected chi connectivity index (χ0v) is 12.0. The number of hydrogen-bond acceptors (Lipinski definition) is 2. The second-order valence-electron chi connectivity index (χ2n) is 6.86. The fourth-order valence-corrected chi connectivity index (χ4v) is 4.11. The summed E-state index contributed by atoms with van der Waals surface area (Å²) in [6.45, 7) is 4.83. The van der Waals surface area contributed by atoms with Crippen molar-refractivity contribution in [2.24, 2.45) is 23.7 Å². The third-order valence-corrected chi connectivity index (χ3v) is 5.80. The summed E-state index contributed by atoms with van der Waals surface area (Å²) in [5.74, 6) is 3.18. The van der Waals surface area contributed by atoms with Gasteiger partial charge in [0.05, 0.1) is 12.2 Å². The first-order valence-electron chi connectivity index (χ1n) is 7.94. The van der Waals surface area contributed by atoms with Crippen molar-refractivity contribution in [3.8, 4) is 0 Å². The van der Waals surface area contributed by atoms with E-state index >= 15 is 0 Å². The molecule has 2 saturated carbocycles. The summed E-state index contributed by atoms with van der Waals surface area (Å²) >= 11 is 0. The largest absolute Gasteiger partial charge is 0.393 e. The average molecular weight is 254 g/mol. The van der Waals surface area contributed by atoms with Crippen LogP contribution in [0.15, 0.2) is 0 Å². The lowest BCUT2D eigenvalue weighted by molar-refractivity contribution is 0.0500. The van der Waals surface area contributed by atoms with Crippen LogP contribution in [-0.2, 0) is 0 Å². The van der Waals surface area contributed by atoms with Gasteiger partial charge in [-0.1, -0.05) is 13.8 Å². The van der Waals surface area contributed by atoms with Crippen LogP contribution in [0.25, 0.3) is 0 Å². The Bertz CT molecular complexity index is 211. The summed E-state index contributed by atoms with van der Waals surface area (Å²) in [4.78, 5) is 0. The summed E-state index contributed by atoms with van der Waals surface area (Å²) in [6, 6.07) is 0. The molecule has 2 N–H and O–H groups in total.